The highest BCUT2D eigenvalue weighted by Crippen LogP contribution is 2.20. The van der Waals surface area contributed by atoms with E-state index in [1.165, 1.54) is 0 Å². The van der Waals surface area contributed by atoms with E-state index in [1.807, 2.05) is 73.7 Å². The maximum Gasteiger partial charge on any atom is 0.273 e. The zero-order valence-corrected chi connectivity index (χ0v) is 14.3. The molecule has 0 aliphatic heterocycles. The Balaban J connectivity index is 1.77. The molecule has 0 saturated carbocycles. The van der Waals surface area contributed by atoms with Crippen molar-refractivity contribution in [3.8, 4) is 0 Å². The highest BCUT2D eigenvalue weighted by molar-refractivity contribution is 6.04. The molecule has 0 heterocycles. The first-order valence-corrected chi connectivity index (χ1v) is 8.14. The molecule has 4 N–H and O–H groups in total. The second-order valence-corrected chi connectivity index (χ2v) is 5.99. The van der Waals surface area contributed by atoms with Crippen molar-refractivity contribution in [1.29, 1.82) is 0 Å². The molecular weight excluding hydrogens is 310 g/mol. The SMILES string of the molecule is C/C(Nc1ccccc1C)=C(/N)C(=O)Nc1ccc2ccccc2c1. The molecule has 0 aromatic heterocycles. The summed E-state index contributed by atoms with van der Waals surface area (Å²) in [6.07, 6.45) is 0. The molecule has 0 aliphatic carbocycles. The number of hydrogen-bond acceptors (Lipinski definition) is 3. The lowest BCUT2D eigenvalue weighted by Gasteiger charge is -2.13. The summed E-state index contributed by atoms with van der Waals surface area (Å²) in [5.74, 6) is -0.325. The van der Waals surface area contributed by atoms with Gasteiger partial charge in [0.15, 0.2) is 0 Å². The van der Waals surface area contributed by atoms with Gasteiger partial charge in [-0.2, -0.15) is 0 Å². The van der Waals surface area contributed by atoms with Crippen molar-refractivity contribution in [1.82, 2.24) is 0 Å². The average Bonchev–Trinajstić information content (AvgIpc) is 2.62. The van der Waals surface area contributed by atoms with Gasteiger partial charge in [0, 0.05) is 17.1 Å². The van der Waals surface area contributed by atoms with Crippen LogP contribution in [0.1, 0.15) is 12.5 Å². The number of fused-ring (bicyclic) bond motifs is 1. The van der Waals surface area contributed by atoms with Gasteiger partial charge < -0.3 is 16.4 Å². The summed E-state index contributed by atoms with van der Waals surface area (Å²) in [4.78, 5) is 12.4. The number of carbonyl (C=O) groups excluding carboxylic acids is 1. The van der Waals surface area contributed by atoms with Gasteiger partial charge in [0.05, 0.1) is 0 Å². The fourth-order valence-corrected chi connectivity index (χ4v) is 2.62. The summed E-state index contributed by atoms with van der Waals surface area (Å²) >= 11 is 0. The van der Waals surface area contributed by atoms with Crippen LogP contribution in [0.2, 0.25) is 0 Å². The summed E-state index contributed by atoms with van der Waals surface area (Å²) in [6.45, 7) is 3.79. The number of nitrogens with one attached hydrogen (secondary N) is 2. The lowest BCUT2D eigenvalue weighted by molar-refractivity contribution is -0.112. The number of para-hydroxylation sites is 1. The predicted molar refractivity (Wildman–Crippen MR) is 104 cm³/mol. The predicted octanol–water partition coefficient (Wildman–Crippen LogP) is 4.39. The molecule has 3 rings (SSSR count). The van der Waals surface area contributed by atoms with Crippen molar-refractivity contribution >= 4 is 28.1 Å². The third-order valence-electron chi connectivity index (χ3n) is 4.12. The number of hydrogen-bond donors (Lipinski definition) is 3. The van der Waals surface area contributed by atoms with E-state index < -0.39 is 0 Å². The van der Waals surface area contributed by atoms with Crippen molar-refractivity contribution in [2.24, 2.45) is 5.73 Å². The van der Waals surface area contributed by atoms with E-state index in [4.69, 9.17) is 5.73 Å². The van der Waals surface area contributed by atoms with Crippen molar-refractivity contribution < 1.29 is 4.79 Å². The number of rotatable bonds is 4. The van der Waals surface area contributed by atoms with E-state index in [9.17, 15) is 4.79 Å². The maximum atomic E-state index is 12.4. The van der Waals surface area contributed by atoms with Crippen molar-refractivity contribution in [2.45, 2.75) is 13.8 Å². The number of nitrogens with two attached hydrogens (primary N) is 1. The molecule has 0 aliphatic rings. The first-order valence-electron chi connectivity index (χ1n) is 8.14. The lowest BCUT2D eigenvalue weighted by atomic mass is 10.1. The molecule has 1 amide bonds. The molecule has 0 radical (unpaired) electrons. The van der Waals surface area contributed by atoms with Crippen LogP contribution in [0.5, 0.6) is 0 Å². The third kappa shape index (κ3) is 3.80. The van der Waals surface area contributed by atoms with E-state index in [0.29, 0.717) is 5.70 Å². The molecule has 4 heteroatoms. The Labute approximate surface area is 147 Å². The molecule has 3 aromatic carbocycles. The van der Waals surface area contributed by atoms with E-state index in [-0.39, 0.29) is 11.6 Å². The molecule has 0 unspecified atom stereocenters. The number of carbonyl (C=O) groups is 1. The van der Waals surface area contributed by atoms with Crippen LogP contribution in [0, 0.1) is 6.92 Å². The smallest absolute Gasteiger partial charge is 0.273 e. The molecule has 4 nitrogen and oxygen atoms in total. The fraction of sp³-hybridized carbons (Fsp3) is 0.0952. The monoisotopic (exact) mass is 331 g/mol. The molecule has 0 fully saturated rings. The van der Waals surface area contributed by atoms with Gasteiger partial charge in [-0.25, -0.2) is 0 Å². The first-order chi connectivity index (χ1) is 12.0. The number of aryl methyl sites for hydroxylation is 1. The summed E-state index contributed by atoms with van der Waals surface area (Å²) < 4.78 is 0. The van der Waals surface area contributed by atoms with Crippen LogP contribution in [0.4, 0.5) is 11.4 Å². The van der Waals surface area contributed by atoms with Crippen LogP contribution < -0.4 is 16.4 Å². The number of benzene rings is 3. The molecule has 0 bridgehead atoms. The first kappa shape index (κ1) is 16.6. The topological polar surface area (TPSA) is 67.1 Å². The second-order valence-electron chi connectivity index (χ2n) is 5.99. The van der Waals surface area contributed by atoms with Crippen LogP contribution in [0.3, 0.4) is 0 Å². The minimum absolute atomic E-state index is 0.163. The summed E-state index contributed by atoms with van der Waals surface area (Å²) in [5, 5.41) is 8.25. The summed E-state index contributed by atoms with van der Waals surface area (Å²) in [6, 6.07) is 21.6. The van der Waals surface area contributed by atoms with Crippen molar-refractivity contribution in [3.05, 3.63) is 83.7 Å². The van der Waals surface area contributed by atoms with Gasteiger partial charge in [-0.15, -0.1) is 0 Å². The van der Waals surface area contributed by atoms with Gasteiger partial charge in [0.2, 0.25) is 0 Å². The summed E-state index contributed by atoms with van der Waals surface area (Å²) in [7, 11) is 0. The second kappa shape index (κ2) is 7.09. The van der Waals surface area contributed by atoms with Crippen LogP contribution in [0.15, 0.2) is 78.1 Å². The van der Waals surface area contributed by atoms with Crippen LogP contribution in [-0.2, 0) is 4.79 Å². The Morgan fingerprint density at radius 2 is 1.56 bits per heavy atom. The number of amides is 1. The Hall–Kier alpha value is -3.27. The van der Waals surface area contributed by atoms with E-state index in [1.54, 1.807) is 6.92 Å². The number of anilines is 2. The zero-order valence-electron chi connectivity index (χ0n) is 14.3. The Kier molecular flexibility index (Phi) is 4.70. The lowest BCUT2D eigenvalue weighted by Crippen LogP contribution is -2.23. The maximum absolute atomic E-state index is 12.4. The van der Waals surface area contributed by atoms with Gasteiger partial charge in [-0.1, -0.05) is 48.5 Å². The quantitative estimate of drug-likeness (QED) is 0.621. The molecule has 0 atom stereocenters. The molecule has 126 valence electrons. The molecule has 3 aromatic rings. The fourth-order valence-electron chi connectivity index (χ4n) is 2.62. The van der Waals surface area contributed by atoms with Gasteiger partial charge in [0.25, 0.3) is 5.91 Å². The van der Waals surface area contributed by atoms with E-state index in [0.717, 1.165) is 27.7 Å². The van der Waals surface area contributed by atoms with E-state index >= 15 is 0 Å². The highest BCUT2D eigenvalue weighted by atomic mass is 16.2. The van der Waals surface area contributed by atoms with Gasteiger partial charge in [-0.3, -0.25) is 4.79 Å². The number of allylic oxidation sites excluding steroid dienone is 1. The molecule has 25 heavy (non-hydrogen) atoms. The Morgan fingerprint density at radius 1 is 0.880 bits per heavy atom. The molecular formula is C21H21N3O. The third-order valence-corrected chi connectivity index (χ3v) is 4.12. The zero-order chi connectivity index (χ0) is 17.8. The molecule has 0 spiro atoms. The van der Waals surface area contributed by atoms with Gasteiger partial charge in [0.1, 0.15) is 5.70 Å². The highest BCUT2D eigenvalue weighted by Gasteiger charge is 2.10. The van der Waals surface area contributed by atoms with Gasteiger partial charge >= 0.3 is 0 Å². The van der Waals surface area contributed by atoms with Crippen LogP contribution in [0.25, 0.3) is 10.8 Å². The average molecular weight is 331 g/mol. The van der Waals surface area contributed by atoms with Crippen LogP contribution >= 0.6 is 0 Å². The largest absolute Gasteiger partial charge is 0.393 e. The molecule has 0 saturated heterocycles. The normalized spacial score (nSPS) is 11.8. The van der Waals surface area contributed by atoms with Crippen LogP contribution in [-0.4, -0.2) is 5.91 Å². The van der Waals surface area contributed by atoms with E-state index in [2.05, 4.69) is 10.6 Å². The van der Waals surface area contributed by atoms with Crippen molar-refractivity contribution in [2.75, 3.05) is 10.6 Å². The van der Waals surface area contributed by atoms with Crippen molar-refractivity contribution in [3.63, 3.8) is 0 Å². The Morgan fingerprint density at radius 3 is 2.32 bits per heavy atom. The minimum atomic E-state index is -0.325. The van der Waals surface area contributed by atoms with Gasteiger partial charge in [-0.05, 0) is 48.4 Å². The minimum Gasteiger partial charge on any atom is -0.393 e. The Bertz CT molecular complexity index is 960. The summed E-state index contributed by atoms with van der Waals surface area (Å²) in [5.41, 5.74) is 9.54. The standard InChI is InChI=1S/C21H21N3O/c1-14-7-3-6-10-19(14)23-15(2)20(22)21(25)24-18-12-11-16-8-4-5-9-17(16)13-18/h3-13,23H,22H2,1-2H3,(H,24,25)/b20-15-.